The average molecular weight is 448 g/mol. The summed E-state index contributed by atoms with van der Waals surface area (Å²) >= 11 is 0. The molecule has 2 aliphatic rings. The number of likely N-dealkylation sites (tertiary alicyclic amines) is 1. The molecule has 2 fully saturated rings. The number of hydrogen-bond acceptors (Lipinski definition) is 3. The van der Waals surface area contributed by atoms with E-state index in [0.717, 1.165) is 17.0 Å². The standard InChI is InChI=1S/C23H20F4N2O3/c1-12-8-16(5-7-18(12)24)28-21(31)13-4-6-19(25)17(9-13)23(26,27)22(32)29-10-14-2-3-15(11-29)20(14)30/h4-9,14-15H,2-3,10-11H2,1H3,(H,28,31)/t14-,15+. The molecular weight excluding hydrogens is 428 g/mol. The van der Waals surface area contributed by atoms with Crippen molar-refractivity contribution < 1.29 is 31.9 Å². The van der Waals surface area contributed by atoms with Crippen LogP contribution in [0.2, 0.25) is 0 Å². The lowest BCUT2D eigenvalue weighted by molar-refractivity contribution is -0.162. The predicted octanol–water partition coefficient (Wildman–Crippen LogP) is 4.05. The molecule has 0 aromatic heterocycles. The number of nitrogens with one attached hydrogen (secondary N) is 1. The maximum absolute atomic E-state index is 15.0. The fraction of sp³-hybridized carbons (Fsp3) is 0.348. The number of amides is 2. The highest BCUT2D eigenvalue weighted by Gasteiger charge is 2.50. The third-order valence-corrected chi connectivity index (χ3v) is 6.09. The van der Waals surface area contributed by atoms with Crippen molar-refractivity contribution in [1.82, 2.24) is 4.90 Å². The van der Waals surface area contributed by atoms with Gasteiger partial charge in [0.2, 0.25) is 0 Å². The first-order chi connectivity index (χ1) is 15.1. The van der Waals surface area contributed by atoms with Gasteiger partial charge in [0.1, 0.15) is 17.4 Å². The number of halogens is 4. The molecule has 1 saturated heterocycles. The van der Waals surface area contributed by atoms with Crippen molar-refractivity contribution in [1.29, 1.82) is 0 Å². The molecule has 0 spiro atoms. The molecule has 9 heteroatoms. The zero-order chi connectivity index (χ0) is 23.2. The van der Waals surface area contributed by atoms with Gasteiger partial charge < -0.3 is 10.2 Å². The van der Waals surface area contributed by atoms with E-state index in [1.807, 2.05) is 0 Å². The lowest BCUT2D eigenvalue weighted by Gasteiger charge is -2.33. The Balaban J connectivity index is 1.57. The van der Waals surface area contributed by atoms with E-state index in [4.69, 9.17) is 0 Å². The molecule has 1 aliphatic heterocycles. The first kappa shape index (κ1) is 22.0. The van der Waals surface area contributed by atoms with Crippen molar-refractivity contribution >= 4 is 23.3 Å². The minimum Gasteiger partial charge on any atom is -0.336 e. The molecule has 1 N–H and O–H groups in total. The van der Waals surface area contributed by atoms with E-state index in [2.05, 4.69) is 5.32 Å². The summed E-state index contributed by atoms with van der Waals surface area (Å²) in [4.78, 5) is 38.0. The number of piperidine rings is 1. The Morgan fingerprint density at radius 1 is 1.00 bits per heavy atom. The van der Waals surface area contributed by atoms with Gasteiger partial charge in [-0.1, -0.05) is 0 Å². The molecule has 4 rings (SSSR count). The molecule has 0 radical (unpaired) electrons. The molecular formula is C23H20F4N2O3. The number of anilines is 1. The Kier molecular flexibility index (Phi) is 5.52. The number of ketones is 1. The second-order valence-electron chi connectivity index (χ2n) is 8.27. The summed E-state index contributed by atoms with van der Waals surface area (Å²) in [7, 11) is 0. The van der Waals surface area contributed by atoms with Crippen LogP contribution < -0.4 is 5.32 Å². The van der Waals surface area contributed by atoms with Crippen molar-refractivity contribution in [3.8, 4) is 0 Å². The number of carbonyl (C=O) groups is 3. The highest BCUT2D eigenvalue weighted by Crippen LogP contribution is 2.38. The van der Waals surface area contributed by atoms with Crippen LogP contribution in [-0.4, -0.2) is 35.6 Å². The summed E-state index contributed by atoms with van der Waals surface area (Å²) in [6.45, 7) is 1.26. The van der Waals surface area contributed by atoms with Crippen molar-refractivity contribution in [2.75, 3.05) is 18.4 Å². The molecule has 2 aromatic carbocycles. The largest absolute Gasteiger partial charge is 0.352 e. The number of benzene rings is 2. The van der Waals surface area contributed by atoms with Crippen LogP contribution in [0.1, 0.15) is 34.3 Å². The molecule has 32 heavy (non-hydrogen) atoms. The van der Waals surface area contributed by atoms with E-state index in [-0.39, 0.29) is 35.7 Å². The van der Waals surface area contributed by atoms with Gasteiger partial charge in [-0.05, 0) is 61.7 Å². The third-order valence-electron chi connectivity index (χ3n) is 6.09. The molecule has 168 valence electrons. The molecule has 0 unspecified atom stereocenters. The molecule has 5 nitrogen and oxygen atoms in total. The lowest BCUT2D eigenvalue weighted by Crippen LogP contribution is -2.50. The van der Waals surface area contributed by atoms with Crippen LogP contribution in [-0.2, 0) is 15.5 Å². The van der Waals surface area contributed by atoms with Gasteiger partial charge in [-0.15, -0.1) is 0 Å². The molecule has 1 aliphatic carbocycles. The number of fused-ring (bicyclic) bond motifs is 2. The van der Waals surface area contributed by atoms with Gasteiger partial charge in [0.25, 0.3) is 11.8 Å². The number of nitrogens with zero attached hydrogens (tertiary/aromatic N) is 1. The van der Waals surface area contributed by atoms with Crippen LogP contribution in [0.4, 0.5) is 23.2 Å². The second kappa shape index (κ2) is 8.03. The Hall–Kier alpha value is -3.23. The van der Waals surface area contributed by atoms with Crippen LogP contribution in [0.3, 0.4) is 0 Å². The Morgan fingerprint density at radius 2 is 1.62 bits per heavy atom. The SMILES string of the molecule is Cc1cc(NC(=O)c2ccc(F)c(C(F)(F)C(=O)N3C[C@H]4CC[C@@H](C3)C4=O)c2)ccc1F. The maximum Gasteiger partial charge on any atom is 0.352 e. The zero-order valence-corrected chi connectivity index (χ0v) is 17.1. The number of rotatable bonds is 4. The van der Waals surface area contributed by atoms with Gasteiger partial charge in [0.05, 0.1) is 5.56 Å². The number of alkyl halides is 2. The number of Topliss-reactive ketones (excluding diaryl/α,β-unsaturated/α-hetero) is 1. The molecule has 1 heterocycles. The third kappa shape index (κ3) is 3.87. The smallest absolute Gasteiger partial charge is 0.336 e. The number of carbonyl (C=O) groups excluding carboxylic acids is 3. The summed E-state index contributed by atoms with van der Waals surface area (Å²) in [6, 6.07) is 6.17. The minimum atomic E-state index is -4.22. The molecule has 2 amide bonds. The monoisotopic (exact) mass is 448 g/mol. The predicted molar refractivity (Wildman–Crippen MR) is 107 cm³/mol. The van der Waals surface area contributed by atoms with Crippen LogP contribution >= 0.6 is 0 Å². The van der Waals surface area contributed by atoms with Gasteiger partial charge in [0.15, 0.2) is 0 Å². The van der Waals surface area contributed by atoms with Gasteiger partial charge in [-0.2, -0.15) is 8.78 Å². The van der Waals surface area contributed by atoms with E-state index in [1.54, 1.807) is 0 Å². The Labute approximate surface area is 181 Å². The van der Waals surface area contributed by atoms with Gasteiger partial charge in [-0.25, -0.2) is 8.78 Å². The molecule has 2 atom stereocenters. The van der Waals surface area contributed by atoms with Crippen LogP contribution in [0, 0.1) is 30.4 Å². The number of hydrogen-bond donors (Lipinski definition) is 1. The molecule has 2 aromatic rings. The average Bonchev–Trinajstić information content (AvgIpc) is 2.96. The summed E-state index contributed by atoms with van der Waals surface area (Å²) in [5.74, 6) is -9.36. The fourth-order valence-electron chi connectivity index (χ4n) is 4.30. The normalized spacial score (nSPS) is 20.4. The first-order valence-electron chi connectivity index (χ1n) is 10.2. The lowest BCUT2D eigenvalue weighted by atomic mass is 9.95. The highest BCUT2D eigenvalue weighted by molar-refractivity contribution is 6.04. The van der Waals surface area contributed by atoms with Crippen molar-refractivity contribution in [3.63, 3.8) is 0 Å². The van der Waals surface area contributed by atoms with Crippen molar-refractivity contribution in [2.24, 2.45) is 11.8 Å². The number of aryl methyl sites for hydroxylation is 1. The van der Waals surface area contributed by atoms with Crippen LogP contribution in [0.25, 0.3) is 0 Å². The van der Waals surface area contributed by atoms with Gasteiger partial charge in [0, 0.05) is 36.2 Å². The second-order valence-corrected chi connectivity index (χ2v) is 8.27. The van der Waals surface area contributed by atoms with E-state index in [1.165, 1.54) is 19.1 Å². The van der Waals surface area contributed by atoms with Gasteiger partial charge in [-0.3, -0.25) is 14.4 Å². The Morgan fingerprint density at radius 3 is 2.25 bits per heavy atom. The fourth-order valence-corrected chi connectivity index (χ4v) is 4.30. The summed E-state index contributed by atoms with van der Waals surface area (Å²) < 4.78 is 57.8. The maximum atomic E-state index is 15.0. The Bertz CT molecular complexity index is 1100. The van der Waals surface area contributed by atoms with Crippen LogP contribution in [0.5, 0.6) is 0 Å². The van der Waals surface area contributed by atoms with E-state index >= 15 is 8.78 Å². The molecule has 2 bridgehead atoms. The highest BCUT2D eigenvalue weighted by atomic mass is 19.3. The topological polar surface area (TPSA) is 66.5 Å². The van der Waals surface area contributed by atoms with E-state index in [0.29, 0.717) is 25.0 Å². The summed E-state index contributed by atoms with van der Waals surface area (Å²) in [5.41, 5.74) is -0.996. The quantitative estimate of drug-likeness (QED) is 0.718. The van der Waals surface area contributed by atoms with Crippen LogP contribution in [0.15, 0.2) is 36.4 Å². The summed E-state index contributed by atoms with van der Waals surface area (Å²) in [6.07, 6.45) is 1.09. The van der Waals surface area contributed by atoms with E-state index in [9.17, 15) is 23.2 Å². The zero-order valence-electron chi connectivity index (χ0n) is 17.1. The van der Waals surface area contributed by atoms with Crippen molar-refractivity contribution in [2.45, 2.75) is 25.7 Å². The van der Waals surface area contributed by atoms with E-state index < -0.39 is 46.8 Å². The molecule has 1 saturated carbocycles. The first-order valence-corrected chi connectivity index (χ1v) is 10.2. The van der Waals surface area contributed by atoms with Gasteiger partial charge >= 0.3 is 5.92 Å². The summed E-state index contributed by atoms with van der Waals surface area (Å²) in [5, 5.41) is 2.44. The van der Waals surface area contributed by atoms with Crippen molar-refractivity contribution in [3.05, 3.63) is 64.7 Å². The minimum absolute atomic E-state index is 0.0155.